The second-order valence-electron chi connectivity index (χ2n) is 6.90. The number of anilines is 1. The fraction of sp³-hybridized carbons (Fsp3) is 0.350. The van der Waals surface area contributed by atoms with E-state index in [2.05, 4.69) is 10.2 Å². The Morgan fingerprint density at radius 1 is 1.19 bits per heavy atom. The average molecular weight is 388 g/mol. The molecule has 0 aromatic heterocycles. The van der Waals surface area contributed by atoms with E-state index in [0.717, 1.165) is 42.7 Å². The van der Waals surface area contributed by atoms with E-state index in [1.807, 2.05) is 38.1 Å². The zero-order chi connectivity index (χ0) is 19.6. The normalized spacial score (nSPS) is 14.9. The van der Waals surface area contributed by atoms with E-state index in [1.54, 1.807) is 6.07 Å². The number of nitrogens with one attached hydrogen (secondary N) is 1. The van der Waals surface area contributed by atoms with Gasteiger partial charge in [0.25, 0.3) is 11.6 Å². The molecule has 0 saturated carbocycles. The van der Waals surface area contributed by atoms with Crippen molar-refractivity contribution in [1.82, 2.24) is 5.32 Å². The van der Waals surface area contributed by atoms with Gasteiger partial charge in [-0.15, -0.1) is 0 Å². The Morgan fingerprint density at radius 3 is 2.44 bits per heavy atom. The lowest BCUT2D eigenvalue weighted by atomic mass is 10.0. The maximum Gasteiger partial charge on any atom is 0.271 e. The number of nitrogens with zero attached hydrogens (tertiary/aromatic N) is 2. The monoisotopic (exact) mass is 387 g/mol. The Labute approximate surface area is 163 Å². The molecule has 1 heterocycles. The number of non-ortho nitro benzene ring substituents is 1. The first-order valence-electron chi connectivity index (χ1n) is 8.93. The number of aryl methyl sites for hydroxylation is 2. The molecule has 0 atom stereocenters. The number of hydrogen-bond acceptors (Lipinski definition) is 4. The van der Waals surface area contributed by atoms with Crippen LogP contribution in [0.5, 0.6) is 0 Å². The molecule has 27 heavy (non-hydrogen) atoms. The molecular formula is C20H22ClN3O3. The van der Waals surface area contributed by atoms with Crippen LogP contribution in [0, 0.1) is 24.0 Å². The van der Waals surface area contributed by atoms with Crippen LogP contribution in [-0.4, -0.2) is 30.0 Å². The molecule has 2 aromatic carbocycles. The van der Waals surface area contributed by atoms with Gasteiger partial charge in [-0.3, -0.25) is 14.9 Å². The highest BCUT2D eigenvalue weighted by Crippen LogP contribution is 2.35. The van der Waals surface area contributed by atoms with Crippen LogP contribution in [-0.2, 0) is 0 Å². The van der Waals surface area contributed by atoms with Crippen LogP contribution < -0.4 is 10.2 Å². The van der Waals surface area contributed by atoms with E-state index >= 15 is 0 Å². The Hall–Kier alpha value is -2.60. The number of hydrogen-bond donors (Lipinski definition) is 1. The van der Waals surface area contributed by atoms with E-state index in [1.165, 1.54) is 6.07 Å². The average Bonchev–Trinajstić information content (AvgIpc) is 2.62. The van der Waals surface area contributed by atoms with Crippen LogP contribution in [0.1, 0.15) is 34.3 Å². The zero-order valence-corrected chi connectivity index (χ0v) is 16.1. The molecule has 0 aliphatic carbocycles. The second kappa shape index (κ2) is 7.96. The van der Waals surface area contributed by atoms with Crippen LogP contribution >= 0.6 is 11.6 Å². The predicted octanol–water partition coefficient (Wildman–Crippen LogP) is 4.26. The number of nitro groups is 1. The van der Waals surface area contributed by atoms with Crippen LogP contribution in [0.15, 0.2) is 36.4 Å². The summed E-state index contributed by atoms with van der Waals surface area (Å²) >= 11 is 6.31. The summed E-state index contributed by atoms with van der Waals surface area (Å²) in [7, 11) is 0. The molecule has 142 valence electrons. The lowest BCUT2D eigenvalue weighted by molar-refractivity contribution is -0.384. The topological polar surface area (TPSA) is 75.5 Å². The number of halogens is 1. The molecule has 1 aliphatic rings. The first-order chi connectivity index (χ1) is 12.9. The molecular weight excluding hydrogens is 366 g/mol. The molecule has 0 spiro atoms. The number of rotatable bonds is 4. The first kappa shape index (κ1) is 19.2. The van der Waals surface area contributed by atoms with Crippen LogP contribution in [0.4, 0.5) is 11.4 Å². The number of carbonyl (C=O) groups excluding carboxylic acids is 1. The summed E-state index contributed by atoms with van der Waals surface area (Å²) in [5.41, 5.74) is 3.29. The van der Waals surface area contributed by atoms with Crippen molar-refractivity contribution in [3.8, 4) is 0 Å². The molecule has 1 N–H and O–H groups in total. The minimum absolute atomic E-state index is 0.00151. The standard InChI is InChI=1S/C20H22ClN3O3/c1-13-5-3-4-6-17(13)20(25)22-15-7-9-23(10-8-15)19-14(2)11-16(24(26)27)12-18(19)21/h3-6,11-12,15H,7-10H2,1-2H3,(H,22,25). The summed E-state index contributed by atoms with van der Waals surface area (Å²) in [6, 6.07) is 10.6. The van der Waals surface area contributed by atoms with Gasteiger partial charge in [-0.1, -0.05) is 29.8 Å². The Balaban J connectivity index is 1.65. The third kappa shape index (κ3) is 4.22. The van der Waals surface area contributed by atoms with Gasteiger partial charge in [0, 0.05) is 36.8 Å². The summed E-state index contributed by atoms with van der Waals surface area (Å²) in [6.45, 7) is 5.23. The number of benzene rings is 2. The third-order valence-corrected chi connectivity index (χ3v) is 5.27. The molecule has 7 heteroatoms. The van der Waals surface area contributed by atoms with Crippen molar-refractivity contribution < 1.29 is 9.72 Å². The van der Waals surface area contributed by atoms with Crippen LogP contribution in [0.3, 0.4) is 0 Å². The summed E-state index contributed by atoms with van der Waals surface area (Å²) in [5.74, 6) is -0.0453. The van der Waals surface area contributed by atoms with Crippen molar-refractivity contribution in [3.63, 3.8) is 0 Å². The number of nitro benzene ring substituents is 1. The fourth-order valence-electron chi connectivity index (χ4n) is 3.56. The predicted molar refractivity (Wildman–Crippen MR) is 107 cm³/mol. The zero-order valence-electron chi connectivity index (χ0n) is 15.4. The molecule has 0 bridgehead atoms. The van der Waals surface area contributed by atoms with E-state index < -0.39 is 4.92 Å². The maximum atomic E-state index is 12.5. The summed E-state index contributed by atoms with van der Waals surface area (Å²) in [5, 5.41) is 14.5. The second-order valence-corrected chi connectivity index (χ2v) is 7.31. The largest absolute Gasteiger partial charge is 0.370 e. The fourth-order valence-corrected chi connectivity index (χ4v) is 3.94. The van der Waals surface area contributed by atoms with Gasteiger partial charge < -0.3 is 10.2 Å². The van der Waals surface area contributed by atoms with Gasteiger partial charge in [-0.2, -0.15) is 0 Å². The molecule has 6 nitrogen and oxygen atoms in total. The molecule has 2 aromatic rings. The van der Waals surface area contributed by atoms with Gasteiger partial charge in [0.2, 0.25) is 0 Å². The summed E-state index contributed by atoms with van der Waals surface area (Å²) in [6.07, 6.45) is 1.59. The Morgan fingerprint density at radius 2 is 1.85 bits per heavy atom. The van der Waals surface area contributed by atoms with E-state index in [9.17, 15) is 14.9 Å². The summed E-state index contributed by atoms with van der Waals surface area (Å²) < 4.78 is 0. The molecule has 1 amide bonds. The van der Waals surface area contributed by atoms with Crippen LogP contribution in [0.25, 0.3) is 0 Å². The van der Waals surface area contributed by atoms with Gasteiger partial charge >= 0.3 is 0 Å². The summed E-state index contributed by atoms with van der Waals surface area (Å²) in [4.78, 5) is 25.2. The minimum Gasteiger partial charge on any atom is -0.370 e. The smallest absolute Gasteiger partial charge is 0.271 e. The Kier molecular flexibility index (Phi) is 5.65. The first-order valence-corrected chi connectivity index (χ1v) is 9.30. The molecule has 0 radical (unpaired) electrons. The van der Waals surface area contributed by atoms with E-state index in [4.69, 9.17) is 11.6 Å². The van der Waals surface area contributed by atoms with Crippen molar-refractivity contribution in [2.45, 2.75) is 32.7 Å². The van der Waals surface area contributed by atoms with E-state index in [-0.39, 0.29) is 17.6 Å². The quantitative estimate of drug-likeness (QED) is 0.628. The van der Waals surface area contributed by atoms with Crippen LogP contribution in [0.2, 0.25) is 5.02 Å². The van der Waals surface area contributed by atoms with Gasteiger partial charge in [-0.05, 0) is 43.9 Å². The van der Waals surface area contributed by atoms with Gasteiger partial charge in [0.15, 0.2) is 0 Å². The Bertz CT molecular complexity index is 854. The highest BCUT2D eigenvalue weighted by molar-refractivity contribution is 6.33. The minimum atomic E-state index is -0.435. The van der Waals surface area contributed by atoms with Crippen molar-refractivity contribution in [2.75, 3.05) is 18.0 Å². The molecule has 1 fully saturated rings. The number of carbonyl (C=O) groups is 1. The number of amides is 1. The van der Waals surface area contributed by atoms with Gasteiger partial charge in [0.1, 0.15) is 0 Å². The van der Waals surface area contributed by atoms with Crippen molar-refractivity contribution in [1.29, 1.82) is 0 Å². The number of piperidine rings is 1. The molecule has 3 rings (SSSR count). The van der Waals surface area contributed by atoms with E-state index in [0.29, 0.717) is 10.6 Å². The van der Waals surface area contributed by atoms with Crippen molar-refractivity contribution >= 4 is 28.9 Å². The van der Waals surface area contributed by atoms with Gasteiger partial charge in [-0.25, -0.2) is 0 Å². The van der Waals surface area contributed by atoms with Gasteiger partial charge in [0.05, 0.1) is 15.6 Å². The molecule has 0 unspecified atom stereocenters. The SMILES string of the molecule is Cc1ccccc1C(=O)NC1CCN(c2c(C)cc([N+](=O)[O-])cc2Cl)CC1. The third-order valence-electron chi connectivity index (χ3n) is 4.99. The lowest BCUT2D eigenvalue weighted by Gasteiger charge is -2.35. The highest BCUT2D eigenvalue weighted by atomic mass is 35.5. The highest BCUT2D eigenvalue weighted by Gasteiger charge is 2.25. The van der Waals surface area contributed by atoms with Crippen molar-refractivity contribution in [3.05, 3.63) is 68.2 Å². The lowest BCUT2D eigenvalue weighted by Crippen LogP contribution is -2.45. The maximum absolute atomic E-state index is 12.5. The van der Waals surface area contributed by atoms with Crippen molar-refractivity contribution in [2.24, 2.45) is 0 Å². The molecule has 1 saturated heterocycles. The molecule has 1 aliphatic heterocycles.